The number of aliphatic hydroxyl groups is 1. The summed E-state index contributed by atoms with van der Waals surface area (Å²) >= 11 is 1.55. The molecule has 2 N–H and O–H groups in total. The first-order chi connectivity index (χ1) is 9.72. The molecule has 1 aromatic heterocycles. The maximum absolute atomic E-state index is 12.1. The summed E-state index contributed by atoms with van der Waals surface area (Å²) in [6.07, 6.45) is 3.56. The lowest BCUT2D eigenvalue weighted by atomic mass is 9.87. The van der Waals surface area contributed by atoms with Gasteiger partial charge in [0.2, 0.25) is 0 Å². The van der Waals surface area contributed by atoms with Crippen LogP contribution in [0.3, 0.4) is 0 Å². The molecule has 1 amide bonds. The summed E-state index contributed by atoms with van der Waals surface area (Å²) in [6, 6.07) is 5.60. The average Bonchev–Trinajstić information content (AvgIpc) is 2.93. The van der Waals surface area contributed by atoms with Crippen LogP contribution in [0.2, 0.25) is 0 Å². The van der Waals surface area contributed by atoms with Crippen LogP contribution in [-0.2, 0) is 0 Å². The molecule has 0 spiro atoms. The molecule has 1 aromatic carbocycles. The number of hydrogen-bond donors (Lipinski definition) is 2. The number of nitrogens with one attached hydrogen (secondary N) is 1. The molecule has 1 aliphatic rings. The summed E-state index contributed by atoms with van der Waals surface area (Å²) in [5, 5.41) is 12.5. The molecule has 0 atom stereocenters. The highest BCUT2D eigenvalue weighted by atomic mass is 32.1. The summed E-state index contributed by atoms with van der Waals surface area (Å²) < 4.78 is 1.04. The smallest absolute Gasteiger partial charge is 0.251 e. The van der Waals surface area contributed by atoms with Gasteiger partial charge in [-0.15, -0.1) is 11.3 Å². The molecule has 1 fully saturated rings. The molecule has 0 bridgehead atoms. The second-order valence-electron chi connectivity index (χ2n) is 5.42. The Morgan fingerprint density at radius 3 is 2.95 bits per heavy atom. The third-order valence-corrected chi connectivity index (χ3v) is 4.75. The quantitative estimate of drug-likeness (QED) is 0.913. The van der Waals surface area contributed by atoms with Crippen molar-refractivity contribution in [2.45, 2.75) is 31.8 Å². The summed E-state index contributed by atoms with van der Waals surface area (Å²) in [5.74, 6) is 0.473. The van der Waals surface area contributed by atoms with Crippen LogP contribution in [-0.4, -0.2) is 28.6 Å². The Kier molecular flexibility index (Phi) is 3.98. The lowest BCUT2D eigenvalue weighted by Crippen LogP contribution is -2.32. The van der Waals surface area contributed by atoms with Crippen molar-refractivity contribution >= 4 is 27.5 Å². The molecule has 106 valence electrons. The highest BCUT2D eigenvalue weighted by Crippen LogP contribution is 2.24. The number of carbonyl (C=O) groups is 1. The number of aromatic nitrogens is 1. The van der Waals surface area contributed by atoms with E-state index in [1.165, 1.54) is 0 Å². The van der Waals surface area contributed by atoms with Crippen LogP contribution in [0.1, 0.15) is 36.0 Å². The predicted molar refractivity (Wildman–Crippen MR) is 79.9 cm³/mol. The van der Waals surface area contributed by atoms with E-state index in [9.17, 15) is 9.90 Å². The Morgan fingerprint density at radius 1 is 1.35 bits per heavy atom. The fourth-order valence-electron chi connectivity index (χ4n) is 2.68. The molecular weight excluding hydrogens is 272 g/mol. The number of hydrogen-bond acceptors (Lipinski definition) is 4. The summed E-state index contributed by atoms with van der Waals surface area (Å²) in [5.41, 5.74) is 3.42. The van der Waals surface area contributed by atoms with Gasteiger partial charge < -0.3 is 10.4 Å². The van der Waals surface area contributed by atoms with Crippen molar-refractivity contribution in [1.29, 1.82) is 0 Å². The Labute approximate surface area is 121 Å². The van der Waals surface area contributed by atoms with Gasteiger partial charge >= 0.3 is 0 Å². The van der Waals surface area contributed by atoms with Crippen LogP contribution < -0.4 is 5.32 Å². The minimum absolute atomic E-state index is 0.0218. The Balaban J connectivity index is 1.58. The van der Waals surface area contributed by atoms with Crippen LogP contribution in [0, 0.1) is 5.92 Å². The van der Waals surface area contributed by atoms with Crippen molar-refractivity contribution in [3.63, 3.8) is 0 Å². The maximum atomic E-state index is 12.1. The highest BCUT2D eigenvalue weighted by Gasteiger charge is 2.20. The van der Waals surface area contributed by atoms with Crippen LogP contribution in [0.4, 0.5) is 0 Å². The van der Waals surface area contributed by atoms with Gasteiger partial charge in [-0.1, -0.05) is 0 Å². The lowest BCUT2D eigenvalue weighted by Gasteiger charge is -2.25. The van der Waals surface area contributed by atoms with E-state index in [0.29, 0.717) is 18.0 Å². The Hall–Kier alpha value is -1.46. The molecule has 4 nitrogen and oxygen atoms in total. The number of fused-ring (bicyclic) bond motifs is 1. The first-order valence-corrected chi connectivity index (χ1v) is 7.90. The average molecular weight is 290 g/mol. The van der Waals surface area contributed by atoms with Gasteiger partial charge in [-0.05, 0) is 49.8 Å². The van der Waals surface area contributed by atoms with E-state index in [1.54, 1.807) is 16.8 Å². The largest absolute Gasteiger partial charge is 0.393 e. The first kappa shape index (κ1) is 13.5. The van der Waals surface area contributed by atoms with Gasteiger partial charge in [-0.2, -0.15) is 0 Å². The van der Waals surface area contributed by atoms with Gasteiger partial charge in [0, 0.05) is 12.1 Å². The molecule has 0 radical (unpaired) electrons. The minimum atomic E-state index is -0.143. The fraction of sp³-hybridized carbons (Fsp3) is 0.467. The molecule has 0 unspecified atom stereocenters. The van der Waals surface area contributed by atoms with E-state index in [0.717, 1.165) is 35.9 Å². The maximum Gasteiger partial charge on any atom is 0.251 e. The predicted octanol–water partition coefficient (Wildman–Crippen LogP) is 2.58. The van der Waals surface area contributed by atoms with Crippen molar-refractivity contribution in [3.8, 4) is 0 Å². The number of aliphatic hydroxyl groups excluding tert-OH is 1. The van der Waals surface area contributed by atoms with E-state index in [4.69, 9.17) is 0 Å². The number of amides is 1. The van der Waals surface area contributed by atoms with Crippen LogP contribution in [0.25, 0.3) is 10.2 Å². The topological polar surface area (TPSA) is 62.2 Å². The zero-order chi connectivity index (χ0) is 13.9. The number of carbonyl (C=O) groups excluding carboxylic acids is 1. The Morgan fingerprint density at radius 2 is 2.15 bits per heavy atom. The standard InChI is InChI=1S/C15H18N2O2S/c18-12-4-1-10(2-5-12)8-16-15(19)11-3-6-13-14(7-11)20-9-17-13/h3,6-7,9-10,12,18H,1-2,4-5,8H2,(H,16,19). The molecule has 1 aliphatic carbocycles. The van der Waals surface area contributed by atoms with Crippen molar-refractivity contribution in [1.82, 2.24) is 10.3 Å². The summed E-state index contributed by atoms with van der Waals surface area (Å²) in [7, 11) is 0. The van der Waals surface area contributed by atoms with E-state index < -0.39 is 0 Å². The van der Waals surface area contributed by atoms with Gasteiger partial charge in [0.15, 0.2) is 0 Å². The molecule has 5 heteroatoms. The normalized spacial score (nSPS) is 22.9. The first-order valence-electron chi connectivity index (χ1n) is 7.02. The zero-order valence-corrected chi connectivity index (χ0v) is 12.0. The molecule has 1 saturated carbocycles. The molecule has 0 aliphatic heterocycles. The molecule has 1 heterocycles. The summed E-state index contributed by atoms with van der Waals surface area (Å²) in [4.78, 5) is 16.3. The van der Waals surface area contributed by atoms with Crippen molar-refractivity contribution < 1.29 is 9.90 Å². The Bertz CT molecular complexity index is 603. The second kappa shape index (κ2) is 5.89. The van der Waals surface area contributed by atoms with Gasteiger partial charge in [0.25, 0.3) is 5.91 Å². The SMILES string of the molecule is O=C(NCC1CCC(O)CC1)c1ccc2ncsc2c1. The van der Waals surface area contributed by atoms with E-state index in [-0.39, 0.29) is 12.0 Å². The van der Waals surface area contributed by atoms with Crippen molar-refractivity contribution in [2.75, 3.05) is 6.54 Å². The fourth-order valence-corrected chi connectivity index (χ4v) is 3.40. The molecular formula is C15H18N2O2S. The lowest BCUT2D eigenvalue weighted by molar-refractivity contribution is 0.0910. The number of benzene rings is 1. The zero-order valence-electron chi connectivity index (χ0n) is 11.2. The van der Waals surface area contributed by atoms with Crippen LogP contribution >= 0.6 is 11.3 Å². The third-order valence-electron chi connectivity index (χ3n) is 3.96. The van der Waals surface area contributed by atoms with E-state index >= 15 is 0 Å². The molecule has 2 aromatic rings. The third kappa shape index (κ3) is 2.99. The highest BCUT2D eigenvalue weighted by molar-refractivity contribution is 7.16. The van der Waals surface area contributed by atoms with E-state index in [2.05, 4.69) is 10.3 Å². The van der Waals surface area contributed by atoms with Crippen LogP contribution in [0.5, 0.6) is 0 Å². The van der Waals surface area contributed by atoms with Crippen molar-refractivity contribution in [3.05, 3.63) is 29.3 Å². The monoisotopic (exact) mass is 290 g/mol. The molecule has 20 heavy (non-hydrogen) atoms. The number of rotatable bonds is 3. The van der Waals surface area contributed by atoms with Gasteiger partial charge in [0.05, 0.1) is 21.8 Å². The molecule has 0 saturated heterocycles. The van der Waals surface area contributed by atoms with Crippen molar-refractivity contribution in [2.24, 2.45) is 5.92 Å². The minimum Gasteiger partial charge on any atom is -0.393 e. The number of thiazole rings is 1. The van der Waals surface area contributed by atoms with Gasteiger partial charge in [0.1, 0.15) is 0 Å². The number of nitrogens with zero attached hydrogens (tertiary/aromatic N) is 1. The molecule has 3 rings (SSSR count). The van der Waals surface area contributed by atoms with Gasteiger partial charge in [-0.25, -0.2) is 4.98 Å². The summed E-state index contributed by atoms with van der Waals surface area (Å²) in [6.45, 7) is 0.701. The van der Waals surface area contributed by atoms with Gasteiger partial charge in [-0.3, -0.25) is 4.79 Å². The van der Waals surface area contributed by atoms with E-state index in [1.807, 2.05) is 18.2 Å². The second-order valence-corrected chi connectivity index (χ2v) is 6.31. The van der Waals surface area contributed by atoms with Crippen LogP contribution in [0.15, 0.2) is 23.7 Å².